The average molecular weight is 315 g/mol. The van der Waals surface area contributed by atoms with Gasteiger partial charge in [-0.3, -0.25) is 9.48 Å². The van der Waals surface area contributed by atoms with E-state index in [4.69, 9.17) is 0 Å². The number of carbonyl (C=O) groups is 1. The molecule has 0 aliphatic carbocycles. The van der Waals surface area contributed by atoms with E-state index in [1.54, 1.807) is 11.8 Å². The molecule has 1 aliphatic rings. The monoisotopic (exact) mass is 315 g/mol. The van der Waals surface area contributed by atoms with Crippen molar-refractivity contribution in [1.82, 2.24) is 14.7 Å². The van der Waals surface area contributed by atoms with Crippen molar-refractivity contribution in [2.24, 2.45) is 7.05 Å². The first kappa shape index (κ1) is 15.2. The quantitative estimate of drug-likeness (QED) is 0.813. The Morgan fingerprint density at radius 2 is 2.09 bits per heavy atom. The molecule has 1 aliphatic heterocycles. The van der Waals surface area contributed by atoms with Crippen LogP contribution >= 0.6 is 11.8 Å². The van der Waals surface area contributed by atoms with Gasteiger partial charge < -0.3 is 4.90 Å². The van der Waals surface area contributed by atoms with Crippen molar-refractivity contribution < 1.29 is 4.79 Å². The Labute approximate surface area is 135 Å². The number of rotatable bonds is 4. The molecule has 22 heavy (non-hydrogen) atoms. The Morgan fingerprint density at radius 1 is 1.27 bits per heavy atom. The van der Waals surface area contributed by atoms with Gasteiger partial charge in [-0.15, -0.1) is 11.8 Å². The van der Waals surface area contributed by atoms with E-state index in [1.807, 2.05) is 59.2 Å². The molecule has 0 unspecified atom stereocenters. The van der Waals surface area contributed by atoms with Crippen molar-refractivity contribution in [3.05, 3.63) is 48.3 Å². The maximum absolute atomic E-state index is 12.7. The highest BCUT2D eigenvalue weighted by molar-refractivity contribution is 8.00. The molecular formula is C17H21N3OS. The molecule has 0 N–H and O–H groups in total. The van der Waals surface area contributed by atoms with E-state index >= 15 is 0 Å². The molecule has 1 aromatic carbocycles. The van der Waals surface area contributed by atoms with Crippen LogP contribution in [0.3, 0.4) is 0 Å². The predicted molar refractivity (Wildman–Crippen MR) is 88.7 cm³/mol. The van der Waals surface area contributed by atoms with Crippen molar-refractivity contribution in [3.63, 3.8) is 0 Å². The van der Waals surface area contributed by atoms with Gasteiger partial charge in [-0.05, 0) is 37.5 Å². The SMILES string of the molecule is Cn1nccc1[C@H]1CCCCN1C(=O)CSc1ccccc1. The molecule has 4 nitrogen and oxygen atoms in total. The molecular weight excluding hydrogens is 294 g/mol. The summed E-state index contributed by atoms with van der Waals surface area (Å²) in [6, 6.07) is 12.3. The van der Waals surface area contributed by atoms with Gasteiger partial charge in [0.1, 0.15) is 0 Å². The van der Waals surface area contributed by atoms with Crippen LogP contribution in [0.15, 0.2) is 47.5 Å². The van der Waals surface area contributed by atoms with Gasteiger partial charge in [-0.25, -0.2) is 0 Å². The van der Waals surface area contributed by atoms with Crippen molar-refractivity contribution >= 4 is 17.7 Å². The number of thioether (sulfide) groups is 1. The second-order valence-electron chi connectivity index (χ2n) is 5.58. The summed E-state index contributed by atoms with van der Waals surface area (Å²) in [6.07, 6.45) is 5.11. The number of carbonyl (C=O) groups excluding carboxylic acids is 1. The molecule has 0 saturated carbocycles. The number of hydrogen-bond donors (Lipinski definition) is 0. The molecule has 0 bridgehead atoms. The van der Waals surface area contributed by atoms with Gasteiger partial charge in [-0.1, -0.05) is 18.2 Å². The zero-order valence-electron chi connectivity index (χ0n) is 12.8. The topological polar surface area (TPSA) is 38.1 Å². The number of aromatic nitrogens is 2. The lowest BCUT2D eigenvalue weighted by Crippen LogP contribution is -2.40. The van der Waals surface area contributed by atoms with Crippen LogP contribution in [0.4, 0.5) is 0 Å². The largest absolute Gasteiger partial charge is 0.333 e. The second kappa shape index (κ2) is 7.01. The molecule has 1 amide bonds. The molecule has 0 radical (unpaired) electrons. The van der Waals surface area contributed by atoms with Gasteiger partial charge in [0, 0.05) is 24.7 Å². The highest BCUT2D eigenvalue weighted by Crippen LogP contribution is 2.31. The standard InChI is InChI=1S/C17H21N3OS/c1-19-15(10-11-18-19)16-9-5-6-12-20(16)17(21)13-22-14-7-3-2-4-8-14/h2-4,7-8,10-11,16H,5-6,9,12-13H2,1H3/t16-/m1/s1. The molecule has 1 saturated heterocycles. The van der Waals surface area contributed by atoms with Crippen molar-refractivity contribution in [3.8, 4) is 0 Å². The summed E-state index contributed by atoms with van der Waals surface area (Å²) in [7, 11) is 1.95. The fraction of sp³-hybridized carbons (Fsp3) is 0.412. The lowest BCUT2D eigenvalue weighted by atomic mass is 9.99. The van der Waals surface area contributed by atoms with Gasteiger partial charge >= 0.3 is 0 Å². The van der Waals surface area contributed by atoms with Crippen molar-refractivity contribution in [2.75, 3.05) is 12.3 Å². The number of nitrogens with zero attached hydrogens (tertiary/aromatic N) is 3. The molecule has 116 valence electrons. The van der Waals surface area contributed by atoms with Gasteiger partial charge in [0.05, 0.1) is 17.5 Å². The molecule has 5 heteroatoms. The number of piperidine rings is 1. The minimum atomic E-state index is 0.171. The van der Waals surface area contributed by atoms with E-state index in [0.717, 1.165) is 30.0 Å². The first-order chi connectivity index (χ1) is 10.8. The third-order valence-corrected chi connectivity index (χ3v) is 5.13. The van der Waals surface area contributed by atoms with E-state index in [0.29, 0.717) is 5.75 Å². The maximum Gasteiger partial charge on any atom is 0.233 e. The Morgan fingerprint density at radius 3 is 2.82 bits per heavy atom. The first-order valence-electron chi connectivity index (χ1n) is 7.71. The van der Waals surface area contributed by atoms with E-state index in [1.165, 1.54) is 6.42 Å². The van der Waals surface area contributed by atoms with Crippen LogP contribution in [0.2, 0.25) is 0 Å². The van der Waals surface area contributed by atoms with Crippen molar-refractivity contribution in [2.45, 2.75) is 30.2 Å². The maximum atomic E-state index is 12.7. The minimum absolute atomic E-state index is 0.171. The molecule has 1 aromatic heterocycles. The first-order valence-corrected chi connectivity index (χ1v) is 8.69. The van der Waals surface area contributed by atoms with Gasteiger partial charge in [0.25, 0.3) is 0 Å². The number of aryl methyl sites for hydroxylation is 1. The number of hydrogen-bond acceptors (Lipinski definition) is 3. The fourth-order valence-electron chi connectivity index (χ4n) is 2.99. The zero-order valence-corrected chi connectivity index (χ0v) is 13.6. The highest BCUT2D eigenvalue weighted by Gasteiger charge is 2.29. The number of amides is 1. The molecule has 2 aromatic rings. The summed E-state index contributed by atoms with van der Waals surface area (Å²) >= 11 is 1.61. The third kappa shape index (κ3) is 3.35. The second-order valence-corrected chi connectivity index (χ2v) is 6.63. The van der Waals surface area contributed by atoms with Crippen LogP contribution in [0.1, 0.15) is 31.0 Å². The predicted octanol–water partition coefficient (Wildman–Crippen LogP) is 3.27. The van der Waals surface area contributed by atoms with E-state index in [9.17, 15) is 4.79 Å². The van der Waals surface area contributed by atoms with Crippen LogP contribution in [0.5, 0.6) is 0 Å². The Bertz CT molecular complexity index is 626. The zero-order chi connectivity index (χ0) is 15.4. The fourth-order valence-corrected chi connectivity index (χ4v) is 3.80. The molecule has 1 atom stereocenters. The smallest absolute Gasteiger partial charge is 0.233 e. The van der Waals surface area contributed by atoms with E-state index in [2.05, 4.69) is 5.10 Å². The van der Waals surface area contributed by atoms with Crippen LogP contribution in [0.25, 0.3) is 0 Å². The van der Waals surface area contributed by atoms with Crippen LogP contribution in [0, 0.1) is 0 Å². The number of benzene rings is 1. The van der Waals surface area contributed by atoms with E-state index < -0.39 is 0 Å². The highest BCUT2D eigenvalue weighted by atomic mass is 32.2. The van der Waals surface area contributed by atoms with Crippen LogP contribution in [-0.4, -0.2) is 32.9 Å². The minimum Gasteiger partial charge on any atom is -0.333 e. The molecule has 1 fully saturated rings. The summed E-state index contributed by atoms with van der Waals surface area (Å²) in [4.78, 5) is 15.8. The number of likely N-dealkylation sites (tertiary alicyclic amines) is 1. The Kier molecular flexibility index (Phi) is 4.83. The summed E-state index contributed by atoms with van der Waals surface area (Å²) in [5.74, 6) is 0.720. The van der Waals surface area contributed by atoms with Gasteiger partial charge in [-0.2, -0.15) is 5.10 Å². The van der Waals surface area contributed by atoms with Gasteiger partial charge in [0.2, 0.25) is 5.91 Å². The lowest BCUT2D eigenvalue weighted by Gasteiger charge is -2.35. The Balaban J connectivity index is 1.68. The lowest BCUT2D eigenvalue weighted by molar-refractivity contribution is -0.132. The molecule has 2 heterocycles. The molecule has 3 rings (SSSR count). The van der Waals surface area contributed by atoms with E-state index in [-0.39, 0.29) is 11.9 Å². The van der Waals surface area contributed by atoms with Crippen molar-refractivity contribution in [1.29, 1.82) is 0 Å². The summed E-state index contributed by atoms with van der Waals surface area (Å²) in [5, 5.41) is 4.25. The summed E-state index contributed by atoms with van der Waals surface area (Å²) < 4.78 is 1.89. The summed E-state index contributed by atoms with van der Waals surface area (Å²) in [5.41, 5.74) is 1.14. The van der Waals surface area contributed by atoms with Crippen LogP contribution < -0.4 is 0 Å². The third-order valence-electron chi connectivity index (χ3n) is 4.13. The average Bonchev–Trinajstić information content (AvgIpc) is 2.99. The van der Waals surface area contributed by atoms with Crippen LogP contribution in [-0.2, 0) is 11.8 Å². The molecule has 0 spiro atoms. The summed E-state index contributed by atoms with van der Waals surface area (Å²) in [6.45, 7) is 0.851. The normalized spacial score (nSPS) is 18.4. The Hall–Kier alpha value is -1.75. The van der Waals surface area contributed by atoms with Gasteiger partial charge in [0.15, 0.2) is 0 Å².